The summed E-state index contributed by atoms with van der Waals surface area (Å²) in [5.41, 5.74) is 1.76. The maximum Gasteiger partial charge on any atom is 0.282 e. The third-order valence-corrected chi connectivity index (χ3v) is 9.53. The van der Waals surface area contributed by atoms with Gasteiger partial charge in [0.25, 0.3) is 11.5 Å². The largest absolute Gasteiger partial charge is 0.493 e. The molecule has 0 atom stereocenters. The molecule has 0 radical (unpaired) electrons. The highest BCUT2D eigenvalue weighted by Crippen LogP contribution is 2.42. The van der Waals surface area contributed by atoms with E-state index in [0.29, 0.717) is 48.4 Å². The van der Waals surface area contributed by atoms with Crippen LogP contribution in [0.15, 0.2) is 77.9 Å². The lowest BCUT2D eigenvalue weighted by Gasteiger charge is -2.22. The van der Waals surface area contributed by atoms with E-state index in [0.717, 1.165) is 30.2 Å². The summed E-state index contributed by atoms with van der Waals surface area (Å²) in [5.74, 6) is 1.28. The quantitative estimate of drug-likeness (QED) is 0.187. The van der Waals surface area contributed by atoms with Crippen LogP contribution < -0.4 is 20.3 Å². The fourth-order valence-electron chi connectivity index (χ4n) is 4.86. The molecule has 1 aliphatic rings. The van der Waals surface area contributed by atoms with Crippen molar-refractivity contribution >= 4 is 76.5 Å². The number of fused-ring (bicyclic) bond motifs is 1. The van der Waals surface area contributed by atoms with Gasteiger partial charge in [-0.3, -0.25) is 9.59 Å². The van der Waals surface area contributed by atoms with Crippen LogP contribution in [0.2, 0.25) is 0 Å². The van der Waals surface area contributed by atoms with Crippen molar-refractivity contribution in [3.8, 4) is 11.5 Å². The third kappa shape index (κ3) is 6.73. The Kier molecular flexibility index (Phi) is 9.57. The van der Waals surface area contributed by atoms with E-state index >= 15 is 0 Å². The molecule has 0 unspecified atom stereocenters. The topological polar surface area (TPSA) is 94.8 Å². The van der Waals surface area contributed by atoms with Gasteiger partial charge in [0.1, 0.15) is 5.82 Å². The first-order valence-electron chi connectivity index (χ1n) is 13.2. The molecule has 0 bridgehead atoms. The van der Waals surface area contributed by atoms with E-state index in [2.05, 4.69) is 58.2 Å². The zero-order chi connectivity index (χ0) is 28.9. The zero-order valence-electron chi connectivity index (χ0n) is 22.2. The lowest BCUT2D eigenvalue weighted by molar-refractivity contribution is -0.118. The summed E-state index contributed by atoms with van der Waals surface area (Å²) in [5, 5.41) is 7.93. The Bertz CT molecular complexity index is 1670. The molecule has 3 aromatic carbocycles. The van der Waals surface area contributed by atoms with Gasteiger partial charge in [0.2, 0.25) is 0 Å². The first-order valence-corrected chi connectivity index (χ1v) is 15.5. The highest BCUT2D eigenvalue weighted by molar-refractivity contribution is 9.13. The van der Waals surface area contributed by atoms with Crippen LogP contribution in [0.5, 0.6) is 11.5 Å². The number of para-hydroxylation sites is 1. The first kappa shape index (κ1) is 29.5. The third-order valence-electron chi connectivity index (χ3n) is 6.90. The Morgan fingerprint density at radius 1 is 1.07 bits per heavy atom. The van der Waals surface area contributed by atoms with Crippen molar-refractivity contribution in [2.24, 2.45) is 5.10 Å². The van der Waals surface area contributed by atoms with Crippen LogP contribution in [0.25, 0.3) is 10.9 Å². The molecule has 4 aromatic rings. The van der Waals surface area contributed by atoms with Crippen LogP contribution in [0.3, 0.4) is 0 Å². The zero-order valence-corrected chi connectivity index (χ0v) is 27.0. The maximum absolute atomic E-state index is 13.7. The fourth-order valence-corrected chi connectivity index (χ4v) is 6.16. The summed E-state index contributed by atoms with van der Waals surface area (Å²) in [6.45, 7) is -0.220. The monoisotopic (exact) mass is 744 g/mol. The molecule has 1 aliphatic carbocycles. The minimum atomic E-state index is -0.308. The number of aromatic nitrogens is 2. The van der Waals surface area contributed by atoms with Crippen molar-refractivity contribution in [3.05, 3.63) is 89.8 Å². The number of benzene rings is 3. The number of methoxy groups -OCH3 is 1. The van der Waals surface area contributed by atoms with Gasteiger partial charge in [-0.25, -0.2) is 4.98 Å². The van der Waals surface area contributed by atoms with Crippen molar-refractivity contribution < 1.29 is 14.3 Å². The van der Waals surface area contributed by atoms with Crippen molar-refractivity contribution in [2.75, 3.05) is 19.0 Å². The Balaban J connectivity index is 1.47. The van der Waals surface area contributed by atoms with Crippen molar-refractivity contribution in [3.63, 3.8) is 0 Å². The van der Waals surface area contributed by atoms with Crippen molar-refractivity contribution in [1.82, 2.24) is 9.66 Å². The first-order chi connectivity index (χ1) is 19.9. The van der Waals surface area contributed by atoms with Crippen molar-refractivity contribution in [1.29, 1.82) is 0 Å². The predicted octanol–water partition coefficient (Wildman–Crippen LogP) is 7.64. The SMILES string of the molecule is COc1cc(C=Nn2c(C3CCCCC3)nc3ccc(Br)cc3c2=O)c(Br)c(Br)c1OCC(=O)Nc1ccccc1. The number of nitrogens with one attached hydrogen (secondary N) is 1. The Morgan fingerprint density at radius 2 is 1.83 bits per heavy atom. The van der Waals surface area contributed by atoms with Gasteiger partial charge in [0, 0.05) is 26.1 Å². The molecule has 0 spiro atoms. The molecule has 41 heavy (non-hydrogen) atoms. The standard InChI is InChI=1S/C30H27Br3N4O4/c1-40-24-14-19(26(32)27(33)28(24)41-17-25(38)35-21-10-6-3-7-11-21)16-34-37-29(18-8-4-2-5-9-18)36-23-13-12-20(31)15-22(23)30(37)39/h3,6-7,10-16,18H,2,4-5,8-9,17H2,1H3,(H,35,38). The number of hydrogen-bond acceptors (Lipinski definition) is 6. The molecule has 1 N–H and O–H groups in total. The van der Waals surface area contributed by atoms with Crippen molar-refractivity contribution in [2.45, 2.75) is 38.0 Å². The fraction of sp³-hybridized carbons (Fsp3) is 0.267. The number of carbonyl (C=O) groups is 1. The van der Waals surface area contributed by atoms with E-state index in [-0.39, 0.29) is 24.0 Å². The van der Waals surface area contributed by atoms with Gasteiger partial charge < -0.3 is 14.8 Å². The molecule has 11 heteroatoms. The van der Waals surface area contributed by atoms with Crippen LogP contribution in [-0.4, -0.2) is 35.5 Å². The second-order valence-electron chi connectivity index (χ2n) is 9.66. The van der Waals surface area contributed by atoms with Gasteiger partial charge >= 0.3 is 0 Å². The molecule has 212 valence electrons. The summed E-state index contributed by atoms with van der Waals surface area (Å²) in [6.07, 6.45) is 6.93. The average molecular weight is 747 g/mol. The number of halogens is 3. The predicted molar refractivity (Wildman–Crippen MR) is 171 cm³/mol. The maximum atomic E-state index is 13.7. The van der Waals surface area contributed by atoms with E-state index in [9.17, 15) is 9.59 Å². The van der Waals surface area contributed by atoms with Crippen LogP contribution >= 0.6 is 47.8 Å². The highest BCUT2D eigenvalue weighted by Gasteiger charge is 2.23. The van der Waals surface area contributed by atoms with Crippen LogP contribution in [0, 0.1) is 0 Å². The highest BCUT2D eigenvalue weighted by atomic mass is 79.9. The summed E-state index contributed by atoms with van der Waals surface area (Å²) in [4.78, 5) is 31.0. The summed E-state index contributed by atoms with van der Waals surface area (Å²) in [6, 6.07) is 16.4. The number of amides is 1. The number of anilines is 1. The molecule has 1 fully saturated rings. The molecular formula is C30H27Br3N4O4. The Morgan fingerprint density at radius 3 is 2.56 bits per heavy atom. The van der Waals surface area contributed by atoms with Gasteiger partial charge in [0.15, 0.2) is 18.1 Å². The second kappa shape index (κ2) is 13.3. The second-order valence-corrected chi connectivity index (χ2v) is 12.2. The van der Waals surface area contributed by atoms with Gasteiger partial charge in [-0.15, -0.1) is 0 Å². The van der Waals surface area contributed by atoms with E-state index in [1.165, 1.54) is 18.2 Å². The van der Waals surface area contributed by atoms with E-state index in [1.807, 2.05) is 30.3 Å². The average Bonchev–Trinajstić information content (AvgIpc) is 2.99. The number of rotatable bonds is 8. The molecule has 1 amide bonds. The molecule has 1 heterocycles. The Hall–Kier alpha value is -3.02. The van der Waals surface area contributed by atoms with Crippen LogP contribution in [0.1, 0.15) is 49.4 Å². The normalized spacial score (nSPS) is 14.0. The number of hydrogen-bond donors (Lipinski definition) is 1. The molecule has 5 rings (SSSR count). The smallest absolute Gasteiger partial charge is 0.282 e. The molecule has 1 saturated carbocycles. The number of nitrogens with zero attached hydrogens (tertiary/aromatic N) is 3. The molecule has 0 saturated heterocycles. The number of ether oxygens (including phenoxy) is 2. The van der Waals surface area contributed by atoms with E-state index in [4.69, 9.17) is 14.5 Å². The van der Waals surface area contributed by atoms with Gasteiger partial charge in [0.05, 0.1) is 28.7 Å². The molecule has 8 nitrogen and oxygen atoms in total. The van der Waals surface area contributed by atoms with E-state index in [1.54, 1.807) is 30.5 Å². The minimum Gasteiger partial charge on any atom is -0.493 e. The summed E-state index contributed by atoms with van der Waals surface area (Å²) < 4.78 is 14.8. The Labute approximate surface area is 262 Å². The molecule has 0 aliphatic heterocycles. The lowest BCUT2D eigenvalue weighted by atomic mass is 9.88. The number of carbonyl (C=O) groups excluding carboxylic acids is 1. The van der Waals surface area contributed by atoms with E-state index < -0.39 is 0 Å². The minimum absolute atomic E-state index is 0.157. The summed E-state index contributed by atoms with van der Waals surface area (Å²) in [7, 11) is 1.52. The van der Waals surface area contributed by atoms with Gasteiger partial charge in [-0.1, -0.05) is 53.4 Å². The van der Waals surface area contributed by atoms with Crippen LogP contribution in [0.4, 0.5) is 5.69 Å². The van der Waals surface area contributed by atoms with Gasteiger partial charge in [-0.2, -0.15) is 9.78 Å². The molecule has 1 aromatic heterocycles. The lowest BCUT2D eigenvalue weighted by Crippen LogP contribution is -2.25. The summed E-state index contributed by atoms with van der Waals surface area (Å²) >= 11 is 10.6. The van der Waals surface area contributed by atoms with Crippen LogP contribution in [-0.2, 0) is 4.79 Å². The molecular weight excluding hydrogens is 720 g/mol. The van der Waals surface area contributed by atoms with Gasteiger partial charge in [-0.05, 0) is 81.1 Å².